The number of hydrogen-bond donors (Lipinski definition) is 0. The first-order chi connectivity index (χ1) is 13.5. The fourth-order valence-electron chi connectivity index (χ4n) is 5.05. The zero-order chi connectivity index (χ0) is 19.6. The Morgan fingerprint density at radius 3 is 1.36 bits per heavy atom. The van der Waals surface area contributed by atoms with Crippen molar-refractivity contribution in [2.24, 2.45) is 0 Å². The van der Waals surface area contributed by atoms with Crippen LogP contribution in [-0.2, 0) is 9.75 Å². The van der Waals surface area contributed by atoms with Gasteiger partial charge < -0.3 is 0 Å². The van der Waals surface area contributed by atoms with Crippen LogP contribution in [0.15, 0.2) is 48.5 Å². The van der Waals surface area contributed by atoms with Gasteiger partial charge in [0.1, 0.15) is 0 Å². The molecular formula is C25H28Cl2O. The summed E-state index contributed by atoms with van der Waals surface area (Å²) in [7, 11) is 0. The van der Waals surface area contributed by atoms with Crippen LogP contribution in [0.5, 0.6) is 0 Å². The predicted octanol–water partition coefficient (Wildman–Crippen LogP) is 7.71. The quantitative estimate of drug-likeness (QED) is 0.369. The smallest absolute Gasteiger partial charge is 0.193 e. The van der Waals surface area contributed by atoms with Crippen LogP contribution in [0.25, 0.3) is 0 Å². The van der Waals surface area contributed by atoms with Crippen LogP contribution in [0.2, 0.25) is 0 Å². The number of carbonyl (C=O) groups is 1. The van der Waals surface area contributed by atoms with Gasteiger partial charge in [-0.2, -0.15) is 0 Å². The minimum Gasteiger partial charge on any atom is -0.289 e. The molecule has 148 valence electrons. The van der Waals surface area contributed by atoms with E-state index in [0.717, 1.165) is 73.6 Å². The normalized spacial score (nSPS) is 21.2. The maximum Gasteiger partial charge on any atom is 0.193 e. The average Bonchev–Trinajstić information content (AvgIpc) is 2.74. The summed E-state index contributed by atoms with van der Waals surface area (Å²) < 4.78 is 0. The second-order valence-corrected chi connectivity index (χ2v) is 9.92. The molecule has 1 nitrogen and oxygen atoms in total. The number of carbonyl (C=O) groups excluding carboxylic acids is 1. The van der Waals surface area contributed by atoms with Gasteiger partial charge in [0.05, 0.1) is 9.75 Å². The molecule has 0 saturated heterocycles. The third kappa shape index (κ3) is 3.76. The summed E-state index contributed by atoms with van der Waals surface area (Å²) in [5.41, 5.74) is 3.46. The SMILES string of the molecule is O=C(c1ccccc1C1(Cl)CCCCC1)c1ccccc1C1(Cl)CCCCC1. The lowest BCUT2D eigenvalue weighted by Gasteiger charge is -2.34. The van der Waals surface area contributed by atoms with E-state index in [1.807, 2.05) is 48.5 Å². The average molecular weight is 415 g/mol. The van der Waals surface area contributed by atoms with Gasteiger partial charge in [0.25, 0.3) is 0 Å². The molecule has 2 fully saturated rings. The van der Waals surface area contributed by atoms with Crippen LogP contribution in [0, 0.1) is 0 Å². The topological polar surface area (TPSA) is 17.1 Å². The Morgan fingerprint density at radius 1 is 0.607 bits per heavy atom. The molecule has 2 aliphatic carbocycles. The Bertz CT molecular complexity index is 776. The van der Waals surface area contributed by atoms with Crippen molar-refractivity contribution in [1.29, 1.82) is 0 Å². The molecule has 28 heavy (non-hydrogen) atoms. The lowest BCUT2D eigenvalue weighted by Crippen LogP contribution is -2.27. The van der Waals surface area contributed by atoms with Crippen molar-refractivity contribution in [2.45, 2.75) is 74.0 Å². The number of ketones is 1. The van der Waals surface area contributed by atoms with Gasteiger partial charge in [0.2, 0.25) is 0 Å². The summed E-state index contributed by atoms with van der Waals surface area (Å²) in [4.78, 5) is 12.9. The molecule has 2 saturated carbocycles. The first kappa shape index (κ1) is 20.0. The lowest BCUT2D eigenvalue weighted by atomic mass is 9.77. The summed E-state index contributed by atoms with van der Waals surface area (Å²) in [5, 5.41) is 0. The molecule has 0 N–H and O–H groups in total. The van der Waals surface area contributed by atoms with Crippen molar-refractivity contribution in [3.05, 3.63) is 70.8 Å². The highest BCUT2D eigenvalue weighted by Crippen LogP contribution is 2.47. The van der Waals surface area contributed by atoms with Crippen LogP contribution in [0.1, 0.15) is 91.3 Å². The molecule has 0 amide bonds. The zero-order valence-electron chi connectivity index (χ0n) is 16.4. The Morgan fingerprint density at radius 2 is 0.964 bits per heavy atom. The van der Waals surface area contributed by atoms with E-state index in [9.17, 15) is 4.79 Å². The third-order valence-electron chi connectivity index (χ3n) is 6.60. The fraction of sp³-hybridized carbons (Fsp3) is 0.480. The standard InChI is InChI=1S/C25H28Cl2O/c26-24(15-7-1-8-16-24)21-13-5-3-11-19(21)23(28)20-12-4-6-14-22(20)25(27)17-9-2-10-18-25/h3-6,11-14H,1-2,7-10,15-18H2. The van der Waals surface area contributed by atoms with Crippen molar-refractivity contribution in [3.8, 4) is 0 Å². The molecule has 4 rings (SSSR count). The minimum atomic E-state index is -0.428. The Hall–Kier alpha value is -1.31. The molecule has 2 aliphatic rings. The largest absolute Gasteiger partial charge is 0.289 e. The van der Waals surface area contributed by atoms with E-state index in [0.29, 0.717) is 0 Å². The highest BCUT2D eigenvalue weighted by atomic mass is 35.5. The first-order valence-corrected chi connectivity index (χ1v) is 11.4. The molecular weight excluding hydrogens is 387 g/mol. The maximum absolute atomic E-state index is 13.7. The summed E-state index contributed by atoms with van der Waals surface area (Å²) >= 11 is 14.1. The summed E-state index contributed by atoms with van der Waals surface area (Å²) in [6, 6.07) is 15.9. The third-order valence-corrected chi connectivity index (χ3v) is 7.76. The fourth-order valence-corrected chi connectivity index (χ4v) is 5.92. The van der Waals surface area contributed by atoms with Crippen LogP contribution in [0.4, 0.5) is 0 Å². The predicted molar refractivity (Wildman–Crippen MR) is 118 cm³/mol. The van der Waals surface area contributed by atoms with Gasteiger partial charge in [-0.1, -0.05) is 87.1 Å². The van der Waals surface area contributed by atoms with Crippen molar-refractivity contribution in [1.82, 2.24) is 0 Å². The van der Waals surface area contributed by atoms with Crippen LogP contribution >= 0.6 is 23.2 Å². The van der Waals surface area contributed by atoms with Gasteiger partial charge in [0.15, 0.2) is 5.78 Å². The number of hydrogen-bond acceptors (Lipinski definition) is 1. The highest BCUT2D eigenvalue weighted by Gasteiger charge is 2.37. The molecule has 2 aromatic carbocycles. The van der Waals surface area contributed by atoms with E-state index in [-0.39, 0.29) is 5.78 Å². The van der Waals surface area contributed by atoms with E-state index in [1.54, 1.807) is 0 Å². The van der Waals surface area contributed by atoms with E-state index in [1.165, 1.54) is 12.8 Å². The van der Waals surface area contributed by atoms with E-state index in [2.05, 4.69) is 0 Å². The zero-order valence-corrected chi connectivity index (χ0v) is 17.9. The molecule has 0 atom stereocenters. The van der Waals surface area contributed by atoms with Crippen LogP contribution < -0.4 is 0 Å². The molecule has 0 aromatic heterocycles. The molecule has 0 radical (unpaired) electrons. The molecule has 2 aromatic rings. The summed E-state index contributed by atoms with van der Waals surface area (Å²) in [6.45, 7) is 0. The second kappa shape index (κ2) is 8.20. The molecule has 0 bridgehead atoms. The number of rotatable bonds is 4. The maximum atomic E-state index is 13.7. The van der Waals surface area contributed by atoms with Gasteiger partial charge in [0, 0.05) is 11.1 Å². The van der Waals surface area contributed by atoms with Gasteiger partial charge in [-0.25, -0.2) is 0 Å². The number of alkyl halides is 2. The van der Waals surface area contributed by atoms with Crippen molar-refractivity contribution < 1.29 is 4.79 Å². The first-order valence-electron chi connectivity index (χ1n) is 10.7. The molecule has 0 aliphatic heterocycles. The van der Waals surface area contributed by atoms with Crippen molar-refractivity contribution in [2.75, 3.05) is 0 Å². The summed E-state index contributed by atoms with van der Waals surface area (Å²) in [5.74, 6) is 0.0578. The van der Waals surface area contributed by atoms with E-state index < -0.39 is 9.75 Å². The number of halogens is 2. The number of benzene rings is 2. The van der Waals surface area contributed by atoms with Gasteiger partial charge in [-0.15, -0.1) is 23.2 Å². The minimum absolute atomic E-state index is 0.0578. The highest BCUT2D eigenvalue weighted by molar-refractivity contribution is 6.26. The van der Waals surface area contributed by atoms with Gasteiger partial charge in [-0.3, -0.25) is 4.79 Å². The molecule has 3 heteroatoms. The Kier molecular flexibility index (Phi) is 5.86. The van der Waals surface area contributed by atoms with Crippen LogP contribution in [0.3, 0.4) is 0 Å². The molecule has 0 heterocycles. The van der Waals surface area contributed by atoms with Crippen molar-refractivity contribution >= 4 is 29.0 Å². The van der Waals surface area contributed by atoms with E-state index >= 15 is 0 Å². The van der Waals surface area contributed by atoms with Crippen LogP contribution in [-0.4, -0.2) is 5.78 Å². The molecule has 0 spiro atoms. The van der Waals surface area contributed by atoms with Gasteiger partial charge in [-0.05, 0) is 36.8 Å². The van der Waals surface area contributed by atoms with E-state index in [4.69, 9.17) is 23.2 Å². The van der Waals surface area contributed by atoms with Crippen molar-refractivity contribution in [3.63, 3.8) is 0 Å². The summed E-state index contributed by atoms with van der Waals surface area (Å²) in [6.07, 6.45) is 10.6. The second-order valence-electron chi connectivity index (χ2n) is 8.47. The molecule has 0 unspecified atom stereocenters. The Labute approximate surface area is 178 Å². The lowest BCUT2D eigenvalue weighted by molar-refractivity contribution is 0.103. The Balaban J connectivity index is 1.76. The monoisotopic (exact) mass is 414 g/mol. The van der Waals surface area contributed by atoms with Gasteiger partial charge >= 0.3 is 0 Å².